The van der Waals surface area contributed by atoms with Gasteiger partial charge in [-0.3, -0.25) is 0 Å². The van der Waals surface area contributed by atoms with Gasteiger partial charge in [-0.2, -0.15) is 8.78 Å². The van der Waals surface area contributed by atoms with Crippen molar-refractivity contribution in [2.45, 2.75) is 10.7 Å². The van der Waals surface area contributed by atoms with Crippen LogP contribution in [0, 0.1) is 0 Å². The SMILES string of the molecule is FC(F)Sc1ccccc1Nc1cccc(Br)n1. The number of alkyl halides is 2. The van der Waals surface area contributed by atoms with Gasteiger partial charge in [0.2, 0.25) is 0 Å². The summed E-state index contributed by atoms with van der Waals surface area (Å²) in [5.74, 6) is -1.84. The third-order valence-corrected chi connectivity index (χ3v) is 3.31. The number of para-hydroxylation sites is 1. The van der Waals surface area contributed by atoms with Crippen LogP contribution in [-0.2, 0) is 0 Å². The molecule has 94 valence electrons. The molecule has 2 nitrogen and oxygen atoms in total. The summed E-state index contributed by atoms with van der Waals surface area (Å²) in [5.41, 5.74) is 0.619. The minimum atomic E-state index is -2.44. The van der Waals surface area contributed by atoms with Crippen molar-refractivity contribution in [1.29, 1.82) is 0 Å². The summed E-state index contributed by atoms with van der Waals surface area (Å²) < 4.78 is 25.5. The quantitative estimate of drug-likeness (QED) is 0.637. The van der Waals surface area contributed by atoms with Gasteiger partial charge >= 0.3 is 0 Å². The molecule has 0 saturated heterocycles. The average molecular weight is 331 g/mol. The number of pyridine rings is 1. The second-order valence-corrected chi connectivity index (χ2v) is 5.19. The van der Waals surface area contributed by atoms with Gasteiger partial charge in [0.05, 0.1) is 5.69 Å². The molecule has 0 saturated carbocycles. The molecule has 2 aromatic rings. The summed E-state index contributed by atoms with van der Waals surface area (Å²) in [6.07, 6.45) is 0. The summed E-state index contributed by atoms with van der Waals surface area (Å²) in [6, 6.07) is 12.3. The number of anilines is 2. The van der Waals surface area contributed by atoms with Crippen LogP contribution in [0.2, 0.25) is 0 Å². The molecule has 0 aliphatic heterocycles. The fraction of sp³-hybridized carbons (Fsp3) is 0.0833. The Kier molecular flexibility index (Phi) is 4.54. The highest BCUT2D eigenvalue weighted by molar-refractivity contribution is 9.10. The average Bonchev–Trinajstić information content (AvgIpc) is 2.31. The first kappa shape index (κ1) is 13.3. The summed E-state index contributed by atoms with van der Waals surface area (Å²) in [6.45, 7) is 0. The van der Waals surface area contributed by atoms with Gasteiger partial charge in [-0.15, -0.1) is 0 Å². The summed E-state index contributed by atoms with van der Waals surface area (Å²) in [5, 5.41) is 3.02. The minimum Gasteiger partial charge on any atom is -0.339 e. The Morgan fingerprint density at radius 3 is 2.61 bits per heavy atom. The maximum Gasteiger partial charge on any atom is 0.288 e. The van der Waals surface area contributed by atoms with Crippen molar-refractivity contribution in [3.05, 3.63) is 47.1 Å². The van der Waals surface area contributed by atoms with E-state index in [4.69, 9.17) is 0 Å². The first-order chi connectivity index (χ1) is 8.65. The molecule has 1 heterocycles. The Bertz CT molecular complexity index is 537. The third kappa shape index (κ3) is 3.68. The normalized spacial score (nSPS) is 10.7. The number of halogens is 3. The lowest BCUT2D eigenvalue weighted by Gasteiger charge is -2.10. The highest BCUT2D eigenvalue weighted by Gasteiger charge is 2.09. The van der Waals surface area contributed by atoms with Gasteiger partial charge in [-0.1, -0.05) is 30.0 Å². The van der Waals surface area contributed by atoms with E-state index in [0.717, 1.165) is 0 Å². The van der Waals surface area contributed by atoms with Crippen molar-refractivity contribution in [1.82, 2.24) is 4.98 Å². The molecule has 0 aliphatic carbocycles. The Morgan fingerprint density at radius 1 is 1.11 bits per heavy atom. The van der Waals surface area contributed by atoms with Crippen LogP contribution in [0.3, 0.4) is 0 Å². The van der Waals surface area contributed by atoms with Gasteiger partial charge in [0.1, 0.15) is 10.4 Å². The van der Waals surface area contributed by atoms with Gasteiger partial charge in [0, 0.05) is 4.90 Å². The standard InChI is InChI=1S/C12H9BrF2N2S/c13-10-6-3-7-11(17-10)16-8-4-1-2-5-9(8)18-12(14)15/h1-7,12H,(H,16,17). The Labute approximate surface area is 116 Å². The molecular weight excluding hydrogens is 322 g/mol. The molecule has 0 aliphatic rings. The zero-order valence-electron chi connectivity index (χ0n) is 9.11. The number of hydrogen-bond donors (Lipinski definition) is 1. The minimum absolute atomic E-state index is 0.495. The predicted molar refractivity (Wildman–Crippen MR) is 73.5 cm³/mol. The lowest BCUT2D eigenvalue weighted by Crippen LogP contribution is -1.96. The maximum atomic E-state index is 12.4. The van der Waals surface area contributed by atoms with Crippen LogP contribution in [0.15, 0.2) is 52.0 Å². The molecule has 18 heavy (non-hydrogen) atoms. The Morgan fingerprint density at radius 2 is 1.89 bits per heavy atom. The molecular formula is C12H9BrF2N2S. The number of rotatable bonds is 4. The largest absolute Gasteiger partial charge is 0.339 e. The van der Waals surface area contributed by atoms with Crippen molar-refractivity contribution >= 4 is 39.2 Å². The zero-order chi connectivity index (χ0) is 13.0. The molecule has 0 radical (unpaired) electrons. The van der Waals surface area contributed by atoms with Crippen LogP contribution < -0.4 is 5.32 Å². The Balaban J connectivity index is 2.23. The molecule has 0 bridgehead atoms. The van der Waals surface area contributed by atoms with Crippen LogP contribution in [0.1, 0.15) is 0 Å². The fourth-order valence-corrected chi connectivity index (χ4v) is 2.32. The van der Waals surface area contributed by atoms with Crippen molar-refractivity contribution < 1.29 is 8.78 Å². The highest BCUT2D eigenvalue weighted by atomic mass is 79.9. The molecule has 0 atom stereocenters. The predicted octanol–water partition coefficient (Wildman–Crippen LogP) is 4.90. The van der Waals surface area contributed by atoms with Crippen LogP contribution in [0.4, 0.5) is 20.3 Å². The van der Waals surface area contributed by atoms with Crippen molar-refractivity contribution in [3.63, 3.8) is 0 Å². The summed E-state index contributed by atoms with van der Waals surface area (Å²) >= 11 is 3.77. The molecule has 2 rings (SSSR count). The molecule has 0 unspecified atom stereocenters. The van der Waals surface area contributed by atoms with E-state index in [1.807, 2.05) is 6.07 Å². The van der Waals surface area contributed by atoms with Gasteiger partial charge in [-0.05, 0) is 40.2 Å². The van der Waals surface area contributed by atoms with Crippen LogP contribution in [0.5, 0.6) is 0 Å². The molecule has 1 N–H and O–H groups in total. The van der Waals surface area contributed by atoms with E-state index in [-0.39, 0.29) is 0 Å². The number of aromatic nitrogens is 1. The number of hydrogen-bond acceptors (Lipinski definition) is 3. The summed E-state index contributed by atoms with van der Waals surface area (Å²) in [4.78, 5) is 4.69. The van der Waals surface area contributed by atoms with Crippen molar-refractivity contribution in [2.24, 2.45) is 0 Å². The van der Waals surface area contributed by atoms with Crippen LogP contribution in [0.25, 0.3) is 0 Å². The molecule has 0 amide bonds. The van der Waals surface area contributed by atoms with E-state index in [1.165, 1.54) is 0 Å². The lowest BCUT2D eigenvalue weighted by atomic mass is 10.3. The third-order valence-electron chi connectivity index (χ3n) is 2.08. The monoisotopic (exact) mass is 330 g/mol. The van der Waals surface area contributed by atoms with E-state index in [1.54, 1.807) is 36.4 Å². The molecule has 1 aromatic carbocycles. The summed E-state index contributed by atoms with van der Waals surface area (Å²) in [7, 11) is 0. The first-order valence-corrected chi connectivity index (χ1v) is 6.76. The highest BCUT2D eigenvalue weighted by Crippen LogP contribution is 2.33. The van der Waals surface area contributed by atoms with E-state index in [2.05, 4.69) is 26.2 Å². The maximum absolute atomic E-state index is 12.4. The Hall–Kier alpha value is -1.14. The van der Waals surface area contributed by atoms with Crippen molar-refractivity contribution in [2.75, 3.05) is 5.32 Å². The van der Waals surface area contributed by atoms with E-state index >= 15 is 0 Å². The smallest absolute Gasteiger partial charge is 0.288 e. The number of nitrogens with zero attached hydrogens (tertiary/aromatic N) is 1. The second-order valence-electron chi connectivity index (χ2n) is 3.35. The molecule has 6 heteroatoms. The first-order valence-electron chi connectivity index (χ1n) is 5.08. The number of nitrogens with one attached hydrogen (secondary N) is 1. The zero-order valence-corrected chi connectivity index (χ0v) is 11.5. The topological polar surface area (TPSA) is 24.9 Å². The lowest BCUT2D eigenvalue weighted by molar-refractivity contribution is 0.252. The molecule has 0 spiro atoms. The van der Waals surface area contributed by atoms with E-state index in [9.17, 15) is 8.78 Å². The van der Waals surface area contributed by atoms with Crippen LogP contribution >= 0.6 is 27.7 Å². The van der Waals surface area contributed by atoms with Gasteiger partial charge < -0.3 is 5.32 Å². The van der Waals surface area contributed by atoms with Crippen molar-refractivity contribution in [3.8, 4) is 0 Å². The second kappa shape index (κ2) is 6.15. The molecule has 1 aromatic heterocycles. The van der Waals surface area contributed by atoms with Gasteiger partial charge in [0.15, 0.2) is 0 Å². The van der Waals surface area contributed by atoms with Gasteiger partial charge in [-0.25, -0.2) is 4.98 Å². The van der Waals surface area contributed by atoms with Gasteiger partial charge in [0.25, 0.3) is 5.76 Å². The van der Waals surface area contributed by atoms with E-state index < -0.39 is 5.76 Å². The molecule has 0 fully saturated rings. The van der Waals surface area contributed by atoms with E-state index in [0.29, 0.717) is 32.8 Å². The fourth-order valence-electron chi connectivity index (χ4n) is 1.38. The number of benzene rings is 1. The van der Waals surface area contributed by atoms with Crippen LogP contribution in [-0.4, -0.2) is 10.7 Å². The number of thioether (sulfide) groups is 1.